The number of halogens is 1. The molecule has 0 radical (unpaired) electrons. The SMILES string of the molecule is OCC1(C(NCc2cc(O)cc(F)c2)c2ccccc2)CCOCC1. The van der Waals surface area contributed by atoms with Crippen molar-refractivity contribution in [3.8, 4) is 5.75 Å². The van der Waals surface area contributed by atoms with Crippen molar-refractivity contribution in [2.75, 3.05) is 19.8 Å². The molecule has 5 heteroatoms. The molecule has 1 fully saturated rings. The van der Waals surface area contributed by atoms with Gasteiger partial charge in [0, 0.05) is 37.3 Å². The Kier molecular flexibility index (Phi) is 5.68. The normalized spacial score (nSPS) is 18.0. The lowest BCUT2D eigenvalue weighted by Crippen LogP contribution is -2.44. The van der Waals surface area contributed by atoms with Crippen LogP contribution in [-0.4, -0.2) is 30.0 Å². The lowest BCUT2D eigenvalue weighted by molar-refractivity contribution is -0.0387. The lowest BCUT2D eigenvalue weighted by atomic mass is 9.72. The highest BCUT2D eigenvalue weighted by Gasteiger charge is 2.40. The van der Waals surface area contributed by atoms with Crippen LogP contribution in [0.15, 0.2) is 48.5 Å². The number of rotatable bonds is 6. The number of ether oxygens (including phenoxy) is 1. The summed E-state index contributed by atoms with van der Waals surface area (Å²) in [7, 11) is 0. The van der Waals surface area contributed by atoms with Crippen LogP contribution in [-0.2, 0) is 11.3 Å². The molecule has 0 saturated carbocycles. The lowest BCUT2D eigenvalue weighted by Gasteiger charge is -2.43. The zero-order valence-corrected chi connectivity index (χ0v) is 14.1. The number of hydrogen-bond acceptors (Lipinski definition) is 4. The van der Waals surface area contributed by atoms with Gasteiger partial charge in [-0.25, -0.2) is 4.39 Å². The second-order valence-corrected chi connectivity index (χ2v) is 6.68. The van der Waals surface area contributed by atoms with Gasteiger partial charge >= 0.3 is 0 Å². The van der Waals surface area contributed by atoms with Crippen molar-refractivity contribution < 1.29 is 19.3 Å². The van der Waals surface area contributed by atoms with E-state index in [4.69, 9.17) is 4.74 Å². The third-order valence-corrected chi connectivity index (χ3v) is 5.00. The number of aromatic hydroxyl groups is 1. The standard InChI is InChI=1S/C20H24FNO3/c21-17-10-15(11-18(24)12-17)13-22-19(16-4-2-1-3-5-16)20(14-23)6-8-25-9-7-20/h1-5,10-12,19,22-24H,6-9,13-14H2. The molecule has 0 aromatic heterocycles. The Morgan fingerprint density at radius 3 is 2.48 bits per heavy atom. The average molecular weight is 345 g/mol. The fraction of sp³-hybridized carbons (Fsp3) is 0.400. The maximum Gasteiger partial charge on any atom is 0.127 e. The smallest absolute Gasteiger partial charge is 0.127 e. The van der Waals surface area contributed by atoms with Crippen molar-refractivity contribution in [2.45, 2.75) is 25.4 Å². The molecular formula is C20H24FNO3. The van der Waals surface area contributed by atoms with E-state index >= 15 is 0 Å². The first-order valence-electron chi connectivity index (χ1n) is 8.58. The van der Waals surface area contributed by atoms with E-state index in [0.29, 0.717) is 25.3 Å². The van der Waals surface area contributed by atoms with E-state index in [1.165, 1.54) is 6.07 Å². The molecule has 134 valence electrons. The van der Waals surface area contributed by atoms with Gasteiger partial charge < -0.3 is 20.3 Å². The topological polar surface area (TPSA) is 61.7 Å². The zero-order valence-electron chi connectivity index (χ0n) is 14.1. The van der Waals surface area contributed by atoms with E-state index in [2.05, 4.69) is 5.32 Å². The third kappa shape index (κ3) is 4.18. The van der Waals surface area contributed by atoms with Gasteiger partial charge in [-0.2, -0.15) is 0 Å². The molecule has 4 nitrogen and oxygen atoms in total. The highest BCUT2D eigenvalue weighted by molar-refractivity contribution is 5.29. The largest absolute Gasteiger partial charge is 0.508 e. The Bertz CT molecular complexity index is 666. The van der Waals surface area contributed by atoms with Gasteiger partial charge in [0.15, 0.2) is 0 Å². The van der Waals surface area contributed by atoms with Crippen LogP contribution in [0.4, 0.5) is 4.39 Å². The van der Waals surface area contributed by atoms with Crippen molar-refractivity contribution in [3.63, 3.8) is 0 Å². The fourth-order valence-electron chi connectivity index (χ4n) is 3.60. The first-order chi connectivity index (χ1) is 12.1. The maximum absolute atomic E-state index is 13.5. The highest BCUT2D eigenvalue weighted by Crippen LogP contribution is 2.42. The maximum atomic E-state index is 13.5. The molecule has 1 unspecified atom stereocenters. The Morgan fingerprint density at radius 2 is 1.84 bits per heavy atom. The molecule has 0 aliphatic carbocycles. The predicted molar refractivity (Wildman–Crippen MR) is 93.7 cm³/mol. The first-order valence-corrected chi connectivity index (χ1v) is 8.58. The van der Waals surface area contributed by atoms with E-state index in [9.17, 15) is 14.6 Å². The molecule has 2 aromatic rings. The van der Waals surface area contributed by atoms with Crippen molar-refractivity contribution in [1.29, 1.82) is 0 Å². The summed E-state index contributed by atoms with van der Waals surface area (Å²) in [5.41, 5.74) is 1.42. The average Bonchev–Trinajstić information content (AvgIpc) is 2.63. The van der Waals surface area contributed by atoms with Crippen LogP contribution in [0.5, 0.6) is 5.75 Å². The van der Waals surface area contributed by atoms with Crippen LogP contribution >= 0.6 is 0 Å². The Morgan fingerprint density at radius 1 is 1.12 bits per heavy atom. The van der Waals surface area contributed by atoms with Gasteiger partial charge in [-0.3, -0.25) is 0 Å². The number of hydrogen-bond donors (Lipinski definition) is 3. The number of aliphatic hydroxyl groups is 1. The van der Waals surface area contributed by atoms with E-state index in [-0.39, 0.29) is 23.8 Å². The molecule has 1 aliphatic rings. The third-order valence-electron chi connectivity index (χ3n) is 5.00. The molecule has 1 aliphatic heterocycles. The van der Waals surface area contributed by atoms with Crippen molar-refractivity contribution in [2.24, 2.45) is 5.41 Å². The number of nitrogens with one attached hydrogen (secondary N) is 1. The number of phenolic OH excluding ortho intramolecular Hbond substituents is 1. The van der Waals surface area contributed by atoms with E-state index in [1.54, 1.807) is 6.07 Å². The highest BCUT2D eigenvalue weighted by atomic mass is 19.1. The van der Waals surface area contributed by atoms with E-state index in [0.717, 1.165) is 24.5 Å². The van der Waals surface area contributed by atoms with Crippen LogP contribution in [0.25, 0.3) is 0 Å². The van der Waals surface area contributed by atoms with Crippen LogP contribution in [0.1, 0.15) is 30.0 Å². The molecule has 3 rings (SSSR count). The summed E-state index contributed by atoms with van der Waals surface area (Å²) < 4.78 is 19.0. The molecule has 0 bridgehead atoms. The van der Waals surface area contributed by atoms with Crippen LogP contribution < -0.4 is 5.32 Å². The van der Waals surface area contributed by atoms with Crippen LogP contribution in [0.3, 0.4) is 0 Å². The molecule has 2 aromatic carbocycles. The second kappa shape index (κ2) is 7.95. The summed E-state index contributed by atoms with van der Waals surface area (Å²) >= 11 is 0. The fourth-order valence-corrected chi connectivity index (χ4v) is 3.60. The monoisotopic (exact) mass is 345 g/mol. The summed E-state index contributed by atoms with van der Waals surface area (Å²) in [4.78, 5) is 0. The Hall–Kier alpha value is -1.95. The number of aliphatic hydroxyl groups excluding tert-OH is 1. The number of benzene rings is 2. The predicted octanol–water partition coefficient (Wildman–Crippen LogP) is 3.15. The number of phenols is 1. The van der Waals surface area contributed by atoms with Crippen molar-refractivity contribution >= 4 is 0 Å². The molecule has 3 N–H and O–H groups in total. The molecular weight excluding hydrogens is 321 g/mol. The summed E-state index contributed by atoms with van der Waals surface area (Å²) in [6.45, 7) is 1.68. The van der Waals surface area contributed by atoms with Gasteiger partial charge in [-0.05, 0) is 36.1 Å². The minimum absolute atomic E-state index is 0.0529. The van der Waals surface area contributed by atoms with Gasteiger partial charge in [0.2, 0.25) is 0 Å². The Balaban J connectivity index is 1.86. The van der Waals surface area contributed by atoms with Crippen LogP contribution in [0.2, 0.25) is 0 Å². The quantitative estimate of drug-likeness (QED) is 0.753. The van der Waals surface area contributed by atoms with Gasteiger partial charge in [0.05, 0.1) is 6.61 Å². The molecule has 0 spiro atoms. The summed E-state index contributed by atoms with van der Waals surface area (Å²) in [5, 5.41) is 23.2. The van der Waals surface area contributed by atoms with Crippen LogP contribution in [0, 0.1) is 11.2 Å². The van der Waals surface area contributed by atoms with Crippen molar-refractivity contribution in [1.82, 2.24) is 5.32 Å². The molecule has 1 heterocycles. The summed E-state index contributed by atoms with van der Waals surface area (Å²) in [5.74, 6) is -0.549. The second-order valence-electron chi connectivity index (χ2n) is 6.68. The minimum Gasteiger partial charge on any atom is -0.508 e. The minimum atomic E-state index is -0.462. The first kappa shape index (κ1) is 17.9. The van der Waals surface area contributed by atoms with Gasteiger partial charge in [0.1, 0.15) is 11.6 Å². The zero-order chi connectivity index (χ0) is 17.7. The van der Waals surface area contributed by atoms with Crippen molar-refractivity contribution in [3.05, 3.63) is 65.5 Å². The molecule has 25 heavy (non-hydrogen) atoms. The van der Waals surface area contributed by atoms with Gasteiger partial charge in [-0.15, -0.1) is 0 Å². The molecule has 0 amide bonds. The molecule has 1 atom stereocenters. The molecule has 1 saturated heterocycles. The van der Waals surface area contributed by atoms with Gasteiger partial charge in [0.25, 0.3) is 0 Å². The Labute approximate surface area is 147 Å². The summed E-state index contributed by atoms with van der Waals surface area (Å²) in [6.07, 6.45) is 1.51. The van der Waals surface area contributed by atoms with E-state index in [1.807, 2.05) is 30.3 Å². The summed E-state index contributed by atoms with van der Waals surface area (Å²) in [6, 6.07) is 13.9. The van der Waals surface area contributed by atoms with Gasteiger partial charge in [-0.1, -0.05) is 30.3 Å². The van der Waals surface area contributed by atoms with E-state index < -0.39 is 5.82 Å².